The van der Waals surface area contributed by atoms with Gasteiger partial charge in [-0.15, -0.1) is 0 Å². The molecule has 7 heterocycles. The minimum atomic E-state index is -0.151. The molecule has 9 rings (SSSR count). The molecule has 4 saturated heterocycles. The number of anilines is 2. The molecule has 42 heavy (non-hydrogen) atoms. The van der Waals surface area contributed by atoms with E-state index in [4.69, 9.17) is 19.4 Å². The molecular formula is C33H40N6O3. The maximum absolute atomic E-state index is 10.7. The fraction of sp³-hybridized carbons (Fsp3) is 0.576. The zero-order valence-electron chi connectivity index (χ0n) is 24.4. The average Bonchev–Trinajstić information content (AvgIpc) is 3.66. The van der Waals surface area contributed by atoms with Crippen molar-refractivity contribution in [3.63, 3.8) is 0 Å². The second-order valence-electron chi connectivity index (χ2n) is 13.5. The molecule has 3 aromatic rings. The van der Waals surface area contributed by atoms with Gasteiger partial charge in [-0.25, -0.2) is 0 Å². The lowest BCUT2D eigenvalue weighted by Gasteiger charge is -2.41. The predicted molar refractivity (Wildman–Crippen MR) is 161 cm³/mol. The van der Waals surface area contributed by atoms with Crippen LogP contribution in [0.5, 0.6) is 11.8 Å². The molecule has 9 heteroatoms. The molecule has 0 saturated carbocycles. The number of aryl methyl sites for hydroxylation is 1. The van der Waals surface area contributed by atoms with Gasteiger partial charge in [0.1, 0.15) is 24.3 Å². The van der Waals surface area contributed by atoms with Crippen LogP contribution < -0.4 is 19.9 Å². The maximum Gasteiger partial charge on any atom is 0.318 e. The van der Waals surface area contributed by atoms with Crippen LogP contribution in [0.2, 0.25) is 0 Å². The van der Waals surface area contributed by atoms with E-state index in [2.05, 4.69) is 45.1 Å². The van der Waals surface area contributed by atoms with Gasteiger partial charge in [-0.3, -0.25) is 4.90 Å². The smallest absolute Gasteiger partial charge is 0.318 e. The molecule has 6 aliphatic rings. The third-order valence-electron chi connectivity index (χ3n) is 11.1. The number of hydrogen-bond donors (Lipinski definition) is 2. The number of nitrogens with zero attached hydrogens (tertiary/aromatic N) is 5. The monoisotopic (exact) mass is 568 g/mol. The first-order valence-electron chi connectivity index (χ1n) is 15.9. The highest BCUT2D eigenvalue weighted by Crippen LogP contribution is 2.45. The Bertz CT molecular complexity index is 1550. The van der Waals surface area contributed by atoms with Gasteiger partial charge in [-0.05, 0) is 75.6 Å². The van der Waals surface area contributed by atoms with Gasteiger partial charge in [-0.2, -0.15) is 9.97 Å². The Balaban J connectivity index is 1.14. The second-order valence-corrected chi connectivity index (χ2v) is 13.5. The van der Waals surface area contributed by atoms with Crippen LogP contribution in [0, 0.1) is 6.92 Å². The van der Waals surface area contributed by atoms with E-state index in [0.29, 0.717) is 44.4 Å². The van der Waals surface area contributed by atoms with Crippen LogP contribution in [-0.4, -0.2) is 83.0 Å². The zero-order valence-corrected chi connectivity index (χ0v) is 24.4. The average molecular weight is 569 g/mol. The Morgan fingerprint density at radius 2 is 2.00 bits per heavy atom. The number of ether oxygens (including phenoxy) is 2. The summed E-state index contributed by atoms with van der Waals surface area (Å²) in [6.07, 6.45) is 7.11. The molecule has 4 atom stereocenters. The van der Waals surface area contributed by atoms with E-state index in [1.807, 2.05) is 12.1 Å². The summed E-state index contributed by atoms with van der Waals surface area (Å²) in [5, 5.41) is 16.8. The summed E-state index contributed by atoms with van der Waals surface area (Å²) in [5.74, 6) is 1.30. The number of hydrogen-bond acceptors (Lipinski definition) is 9. The standard InChI is InChI=1S/C33H40N6O3/c1-20-5-2-6-21-13-23(40)14-26(29(20)21)37-16-25-30-28(17-37)41-18-27-24-8-7-22(34-24)15-39(27)31(30)36-32(35-25)42-19-33-9-3-11-38(33)12-4-10-33/h2,5-6,13-14,22,24,27-28,34,40H,3-4,7-12,15-19H2,1H3. The van der Waals surface area contributed by atoms with Gasteiger partial charge in [0.05, 0.1) is 30.4 Å². The molecule has 0 aliphatic carbocycles. The van der Waals surface area contributed by atoms with E-state index in [1.165, 1.54) is 62.6 Å². The van der Waals surface area contributed by atoms with Crippen LogP contribution in [0.1, 0.15) is 61.4 Å². The fourth-order valence-electron chi connectivity index (χ4n) is 9.11. The number of aromatic hydroxyl groups is 1. The van der Waals surface area contributed by atoms with Gasteiger partial charge in [0.25, 0.3) is 0 Å². The first-order chi connectivity index (χ1) is 20.5. The number of rotatable bonds is 4. The lowest BCUT2D eigenvalue weighted by molar-refractivity contribution is 0.0414. The van der Waals surface area contributed by atoms with E-state index in [1.54, 1.807) is 0 Å². The van der Waals surface area contributed by atoms with Crippen molar-refractivity contribution in [2.75, 3.05) is 49.2 Å². The minimum Gasteiger partial charge on any atom is -0.508 e. The number of fused-ring (bicyclic) bond motifs is 7. The molecule has 0 spiro atoms. The molecule has 220 valence electrons. The van der Waals surface area contributed by atoms with E-state index in [-0.39, 0.29) is 23.4 Å². The van der Waals surface area contributed by atoms with E-state index in [0.717, 1.165) is 34.7 Å². The lowest BCUT2D eigenvalue weighted by Crippen LogP contribution is -2.59. The summed E-state index contributed by atoms with van der Waals surface area (Å²) >= 11 is 0. The van der Waals surface area contributed by atoms with E-state index < -0.39 is 0 Å². The molecule has 0 radical (unpaired) electrons. The number of phenolic OH excluding ortho intramolecular Hbond substituents is 1. The number of phenols is 1. The third kappa shape index (κ3) is 3.86. The zero-order chi connectivity index (χ0) is 28.0. The van der Waals surface area contributed by atoms with Crippen LogP contribution >= 0.6 is 0 Å². The number of aromatic nitrogens is 2. The predicted octanol–water partition coefficient (Wildman–Crippen LogP) is 4.05. The SMILES string of the molecule is Cc1cccc2cc(O)cc(N3Cc4nc(OCC56CCCN5CCC6)nc5c4C(C3)OCC3C4CCC(CN53)N4)c12. The van der Waals surface area contributed by atoms with Crippen LogP contribution in [0.4, 0.5) is 11.5 Å². The molecule has 6 aliphatic heterocycles. The van der Waals surface area contributed by atoms with Crippen molar-refractivity contribution in [1.29, 1.82) is 0 Å². The minimum absolute atomic E-state index is 0.139. The summed E-state index contributed by atoms with van der Waals surface area (Å²) in [5.41, 5.74) is 4.47. The molecular weight excluding hydrogens is 528 g/mol. The number of benzene rings is 2. The molecule has 4 fully saturated rings. The van der Waals surface area contributed by atoms with Crippen molar-refractivity contribution in [1.82, 2.24) is 20.2 Å². The van der Waals surface area contributed by atoms with Gasteiger partial charge >= 0.3 is 6.01 Å². The Morgan fingerprint density at radius 1 is 1.12 bits per heavy atom. The molecule has 2 aromatic carbocycles. The Morgan fingerprint density at radius 3 is 2.88 bits per heavy atom. The molecule has 1 aromatic heterocycles. The Hall–Kier alpha value is -3.14. The van der Waals surface area contributed by atoms with Crippen molar-refractivity contribution in [2.45, 2.75) is 81.8 Å². The first-order valence-corrected chi connectivity index (χ1v) is 15.9. The Labute approximate surface area is 246 Å². The highest BCUT2D eigenvalue weighted by Gasteiger charge is 2.47. The van der Waals surface area contributed by atoms with Gasteiger partial charge in [0, 0.05) is 47.9 Å². The van der Waals surface area contributed by atoms with Gasteiger partial charge < -0.3 is 29.7 Å². The van der Waals surface area contributed by atoms with Gasteiger partial charge in [-0.1, -0.05) is 18.2 Å². The molecule has 0 amide bonds. The summed E-state index contributed by atoms with van der Waals surface area (Å²) in [4.78, 5) is 17.8. The summed E-state index contributed by atoms with van der Waals surface area (Å²) in [6.45, 7) is 8.06. The topological polar surface area (TPSA) is 86.2 Å². The fourth-order valence-corrected chi connectivity index (χ4v) is 9.11. The van der Waals surface area contributed by atoms with Crippen LogP contribution in [0.15, 0.2) is 30.3 Å². The highest BCUT2D eigenvalue weighted by atomic mass is 16.5. The Kier molecular flexibility index (Phi) is 5.69. The molecule has 2 N–H and O–H groups in total. The first kappa shape index (κ1) is 25.4. The second kappa shape index (κ2) is 9.43. The largest absolute Gasteiger partial charge is 0.508 e. The van der Waals surface area contributed by atoms with Crippen molar-refractivity contribution >= 4 is 22.3 Å². The normalized spacial score (nSPS) is 29.4. The molecule has 4 unspecified atom stereocenters. The summed E-state index contributed by atoms with van der Waals surface area (Å²) < 4.78 is 13.4. The van der Waals surface area contributed by atoms with Crippen molar-refractivity contribution in [3.8, 4) is 11.8 Å². The number of piperazine rings is 1. The van der Waals surface area contributed by atoms with Crippen molar-refractivity contribution in [3.05, 3.63) is 47.2 Å². The highest BCUT2D eigenvalue weighted by molar-refractivity contribution is 5.98. The van der Waals surface area contributed by atoms with Crippen LogP contribution in [0.3, 0.4) is 0 Å². The van der Waals surface area contributed by atoms with E-state index in [9.17, 15) is 5.11 Å². The third-order valence-corrected chi connectivity index (χ3v) is 11.1. The van der Waals surface area contributed by atoms with Gasteiger partial charge in [0.2, 0.25) is 0 Å². The van der Waals surface area contributed by atoms with E-state index >= 15 is 0 Å². The molecule has 9 nitrogen and oxygen atoms in total. The maximum atomic E-state index is 10.7. The summed E-state index contributed by atoms with van der Waals surface area (Å²) in [7, 11) is 0. The lowest BCUT2D eigenvalue weighted by atomic mass is 9.95. The number of nitrogens with one attached hydrogen (secondary N) is 1. The summed E-state index contributed by atoms with van der Waals surface area (Å²) in [6, 6.07) is 11.7. The quantitative estimate of drug-likeness (QED) is 0.484. The van der Waals surface area contributed by atoms with Gasteiger partial charge in [0.15, 0.2) is 0 Å². The van der Waals surface area contributed by atoms with Crippen LogP contribution in [0.25, 0.3) is 10.8 Å². The van der Waals surface area contributed by atoms with Crippen molar-refractivity contribution in [2.24, 2.45) is 0 Å². The van der Waals surface area contributed by atoms with Crippen molar-refractivity contribution < 1.29 is 14.6 Å². The molecule has 2 bridgehead atoms. The van der Waals surface area contributed by atoms with Crippen LogP contribution in [-0.2, 0) is 11.3 Å².